The van der Waals surface area contributed by atoms with Gasteiger partial charge in [0.25, 0.3) is 0 Å². The van der Waals surface area contributed by atoms with Gasteiger partial charge in [0.2, 0.25) is 0 Å². The van der Waals surface area contributed by atoms with Crippen molar-refractivity contribution in [1.29, 1.82) is 0 Å². The van der Waals surface area contributed by atoms with Crippen LogP contribution in [0, 0.1) is 6.92 Å². The maximum Gasteiger partial charge on any atom is 0.183 e. The molecule has 0 atom stereocenters. The number of benzene rings is 1. The summed E-state index contributed by atoms with van der Waals surface area (Å²) < 4.78 is 2.22. The lowest BCUT2D eigenvalue weighted by atomic mass is 9.96. The first-order valence-electron chi connectivity index (χ1n) is 8.60. The van der Waals surface area contributed by atoms with Gasteiger partial charge in [-0.1, -0.05) is 30.9 Å². The third-order valence-electron chi connectivity index (χ3n) is 5.15. The zero-order valence-corrected chi connectivity index (χ0v) is 15.7. The summed E-state index contributed by atoms with van der Waals surface area (Å²) in [7, 11) is 2.10. The third-order valence-corrected chi connectivity index (χ3v) is 6.16. The van der Waals surface area contributed by atoms with Crippen LogP contribution in [-0.2, 0) is 7.05 Å². The maximum atomic E-state index is 6.23. The van der Waals surface area contributed by atoms with Gasteiger partial charge in [-0.3, -0.25) is 0 Å². The molecule has 3 aromatic rings. The first-order chi connectivity index (χ1) is 11.6. The van der Waals surface area contributed by atoms with Crippen molar-refractivity contribution in [3.8, 4) is 11.3 Å². The summed E-state index contributed by atoms with van der Waals surface area (Å²) in [4.78, 5) is 4.88. The number of hydrogen-bond donors (Lipinski definition) is 1. The van der Waals surface area contributed by atoms with Crippen LogP contribution < -0.4 is 5.32 Å². The second-order valence-corrected chi connectivity index (χ2v) is 7.99. The Balaban J connectivity index is 1.70. The lowest BCUT2D eigenvalue weighted by molar-refractivity contribution is 0.462. The van der Waals surface area contributed by atoms with E-state index in [0.29, 0.717) is 6.04 Å². The van der Waals surface area contributed by atoms with Gasteiger partial charge in [-0.25, -0.2) is 4.98 Å². The van der Waals surface area contributed by atoms with E-state index >= 15 is 0 Å². The molecule has 1 N–H and O–H groups in total. The van der Waals surface area contributed by atoms with Crippen LogP contribution in [-0.4, -0.2) is 15.6 Å². The Bertz CT molecular complexity index is 874. The topological polar surface area (TPSA) is 29.9 Å². The van der Waals surface area contributed by atoms with Gasteiger partial charge >= 0.3 is 0 Å². The quantitative estimate of drug-likeness (QED) is 0.620. The van der Waals surface area contributed by atoms with Crippen LogP contribution in [0.25, 0.3) is 22.2 Å². The number of rotatable bonds is 3. The van der Waals surface area contributed by atoms with Crippen LogP contribution in [0.1, 0.15) is 37.8 Å². The van der Waals surface area contributed by atoms with E-state index in [1.54, 1.807) is 11.3 Å². The molecule has 5 heteroatoms. The zero-order chi connectivity index (χ0) is 16.7. The molecular weight excluding hydrogens is 338 g/mol. The molecule has 0 saturated heterocycles. The van der Waals surface area contributed by atoms with Crippen LogP contribution in [0.2, 0.25) is 5.02 Å². The fraction of sp³-hybridized carbons (Fsp3) is 0.421. The zero-order valence-electron chi connectivity index (χ0n) is 14.1. The number of hydrogen-bond acceptors (Lipinski definition) is 3. The van der Waals surface area contributed by atoms with Gasteiger partial charge < -0.3 is 9.88 Å². The fourth-order valence-electron chi connectivity index (χ4n) is 3.74. The second-order valence-electron chi connectivity index (χ2n) is 6.70. The summed E-state index contributed by atoms with van der Waals surface area (Å²) in [6.45, 7) is 2.15. The second kappa shape index (κ2) is 6.41. The van der Waals surface area contributed by atoms with Gasteiger partial charge in [-0.2, -0.15) is 0 Å². The summed E-state index contributed by atoms with van der Waals surface area (Å²) in [5, 5.41) is 8.78. The number of nitrogens with zero attached hydrogens (tertiary/aromatic N) is 2. The molecule has 0 aliphatic heterocycles. The molecule has 2 aromatic heterocycles. The predicted molar refractivity (Wildman–Crippen MR) is 104 cm³/mol. The number of fused-ring (bicyclic) bond motifs is 1. The molecule has 0 bridgehead atoms. The highest BCUT2D eigenvalue weighted by molar-refractivity contribution is 7.14. The maximum absolute atomic E-state index is 6.23. The smallest absolute Gasteiger partial charge is 0.183 e. The van der Waals surface area contributed by atoms with E-state index in [1.807, 2.05) is 12.1 Å². The van der Waals surface area contributed by atoms with Crippen molar-refractivity contribution in [2.24, 2.45) is 7.05 Å². The van der Waals surface area contributed by atoms with Crippen molar-refractivity contribution in [1.82, 2.24) is 9.55 Å². The summed E-state index contributed by atoms with van der Waals surface area (Å²) in [6.07, 6.45) is 6.56. The number of halogens is 1. The fourth-order valence-corrected chi connectivity index (χ4v) is 4.70. The average Bonchev–Trinajstić information content (AvgIpc) is 3.12. The molecule has 1 fully saturated rings. The van der Waals surface area contributed by atoms with Crippen molar-refractivity contribution in [3.05, 3.63) is 34.3 Å². The van der Waals surface area contributed by atoms with Gasteiger partial charge in [-0.05, 0) is 38.0 Å². The highest BCUT2D eigenvalue weighted by Gasteiger charge is 2.18. The lowest BCUT2D eigenvalue weighted by Crippen LogP contribution is -2.21. The van der Waals surface area contributed by atoms with Gasteiger partial charge in [0.15, 0.2) is 5.13 Å². The molecule has 4 rings (SSSR count). The molecule has 0 spiro atoms. The number of thiazole rings is 1. The Labute approximate surface area is 151 Å². The first-order valence-corrected chi connectivity index (χ1v) is 9.86. The van der Waals surface area contributed by atoms with Crippen molar-refractivity contribution in [2.75, 3.05) is 5.32 Å². The SMILES string of the molecule is Cc1c(-c2csc(NC3CCCCC3)n2)c2cc(Cl)ccc2n1C. The monoisotopic (exact) mass is 359 g/mol. The minimum Gasteiger partial charge on any atom is -0.359 e. The molecule has 3 nitrogen and oxygen atoms in total. The van der Waals surface area contributed by atoms with Crippen molar-refractivity contribution in [2.45, 2.75) is 45.1 Å². The molecule has 1 aromatic carbocycles. The van der Waals surface area contributed by atoms with Crippen molar-refractivity contribution in [3.63, 3.8) is 0 Å². The predicted octanol–water partition coefficient (Wildman–Crippen LogP) is 6.01. The highest BCUT2D eigenvalue weighted by Crippen LogP contribution is 2.37. The highest BCUT2D eigenvalue weighted by atomic mass is 35.5. The first kappa shape index (κ1) is 16.0. The molecule has 0 radical (unpaired) electrons. The number of aromatic nitrogens is 2. The van der Waals surface area contributed by atoms with E-state index in [0.717, 1.165) is 15.8 Å². The van der Waals surface area contributed by atoms with Gasteiger partial charge in [0, 0.05) is 45.7 Å². The van der Waals surface area contributed by atoms with E-state index < -0.39 is 0 Å². The Morgan fingerprint density at radius 2 is 2.04 bits per heavy atom. The summed E-state index contributed by atoms with van der Waals surface area (Å²) in [5.74, 6) is 0. The Morgan fingerprint density at radius 1 is 1.25 bits per heavy atom. The van der Waals surface area contributed by atoms with Crippen molar-refractivity contribution >= 4 is 39.0 Å². The normalized spacial score (nSPS) is 16.0. The van der Waals surface area contributed by atoms with Crippen LogP contribution >= 0.6 is 22.9 Å². The van der Waals surface area contributed by atoms with E-state index in [1.165, 1.54) is 54.3 Å². The lowest BCUT2D eigenvalue weighted by Gasteiger charge is -2.22. The number of nitrogens with one attached hydrogen (secondary N) is 1. The number of anilines is 1. The molecule has 1 aliphatic rings. The summed E-state index contributed by atoms with van der Waals surface area (Å²) in [5.41, 5.74) is 4.66. The average molecular weight is 360 g/mol. The van der Waals surface area contributed by atoms with Crippen LogP contribution in [0.4, 0.5) is 5.13 Å². The molecule has 24 heavy (non-hydrogen) atoms. The van der Waals surface area contributed by atoms with E-state index in [9.17, 15) is 0 Å². The van der Waals surface area contributed by atoms with E-state index in [4.69, 9.17) is 16.6 Å². The molecule has 0 unspecified atom stereocenters. The van der Waals surface area contributed by atoms with E-state index in [2.05, 4.69) is 35.3 Å². The van der Waals surface area contributed by atoms with Gasteiger partial charge in [-0.15, -0.1) is 11.3 Å². The molecule has 0 amide bonds. The molecular formula is C19H22ClN3S. The van der Waals surface area contributed by atoms with Gasteiger partial charge in [0.1, 0.15) is 0 Å². The molecule has 1 aliphatic carbocycles. The Morgan fingerprint density at radius 3 is 2.83 bits per heavy atom. The Hall–Kier alpha value is -1.52. The number of aryl methyl sites for hydroxylation is 1. The largest absolute Gasteiger partial charge is 0.359 e. The van der Waals surface area contributed by atoms with Crippen LogP contribution in [0.5, 0.6) is 0 Å². The van der Waals surface area contributed by atoms with E-state index in [-0.39, 0.29) is 0 Å². The Kier molecular flexibility index (Phi) is 4.27. The van der Waals surface area contributed by atoms with Crippen LogP contribution in [0.3, 0.4) is 0 Å². The van der Waals surface area contributed by atoms with Gasteiger partial charge in [0.05, 0.1) is 5.69 Å². The molecule has 126 valence electrons. The minimum absolute atomic E-state index is 0.584. The standard InChI is InChI=1S/C19H22ClN3S/c1-12-18(15-10-13(20)8-9-17(15)23(12)2)16-11-24-19(22-16)21-14-6-4-3-5-7-14/h8-11,14H,3-7H2,1-2H3,(H,21,22). The summed E-state index contributed by atoms with van der Waals surface area (Å²) in [6, 6.07) is 6.67. The molecule has 1 saturated carbocycles. The molecule has 2 heterocycles. The van der Waals surface area contributed by atoms with Crippen LogP contribution in [0.15, 0.2) is 23.6 Å². The minimum atomic E-state index is 0.584. The van der Waals surface area contributed by atoms with Crippen molar-refractivity contribution < 1.29 is 0 Å². The third kappa shape index (κ3) is 2.82. The summed E-state index contributed by atoms with van der Waals surface area (Å²) >= 11 is 7.94.